The Hall–Kier alpha value is 2.00. The molecule has 1 atom stereocenters. The summed E-state index contributed by atoms with van der Waals surface area (Å²) in [5.41, 5.74) is 0. The van der Waals surface area contributed by atoms with Crippen LogP contribution in [0.4, 0.5) is 17.6 Å². The van der Waals surface area contributed by atoms with Gasteiger partial charge in [0.05, 0.1) is 0 Å². The first-order chi connectivity index (χ1) is 7.46. The SMILES string of the molecule is FC(Cl)(Cl)C(F)(Cl)OC(F)(F)C(Cl)(Cl)C(Cl)(Cl)Cl. The molecule has 0 aliphatic rings. The average molecular weight is 436 g/mol. The number of rotatable bonds is 4. The maximum atomic E-state index is 13.4. The molecule has 13 heteroatoms. The van der Waals surface area contributed by atoms with Crippen LogP contribution in [0, 0.1) is 0 Å². The number of hydrogen-bond acceptors (Lipinski definition) is 1. The molecule has 0 bridgehead atoms. The van der Waals surface area contributed by atoms with E-state index in [9.17, 15) is 17.6 Å². The van der Waals surface area contributed by atoms with Crippen LogP contribution in [0.15, 0.2) is 0 Å². The average Bonchev–Trinajstić information content (AvgIpc) is 1.96. The molecule has 0 aromatic carbocycles. The monoisotopic (exact) mass is 432 g/mol. The fourth-order valence-electron chi connectivity index (χ4n) is 0.448. The van der Waals surface area contributed by atoms with Crippen molar-refractivity contribution in [3.63, 3.8) is 0 Å². The van der Waals surface area contributed by atoms with Gasteiger partial charge in [-0.2, -0.15) is 17.6 Å². The van der Waals surface area contributed by atoms with E-state index in [4.69, 9.17) is 58.0 Å². The van der Waals surface area contributed by atoms with E-state index in [0.717, 1.165) is 0 Å². The quantitative estimate of drug-likeness (QED) is 0.383. The highest BCUT2D eigenvalue weighted by atomic mass is 35.6. The molecule has 0 aromatic heterocycles. The first kappa shape index (κ1) is 20.0. The molecule has 0 fully saturated rings. The van der Waals surface area contributed by atoms with Gasteiger partial charge in [-0.3, -0.25) is 4.74 Å². The standard InChI is InChI=1S/C5Cl8F4O/c6-1(7,2(8,9)10)5(16,17)18-4(13,15)3(11,12)14. The predicted octanol–water partition coefficient (Wildman–Crippen LogP) is 6.10. The lowest BCUT2D eigenvalue weighted by molar-refractivity contribution is -0.319. The Morgan fingerprint density at radius 3 is 1.22 bits per heavy atom. The zero-order valence-electron chi connectivity index (χ0n) is 7.44. The van der Waals surface area contributed by atoms with Crippen molar-refractivity contribution in [3.05, 3.63) is 0 Å². The van der Waals surface area contributed by atoms with E-state index in [1.165, 1.54) is 0 Å². The Bertz CT molecular complexity index is 308. The van der Waals surface area contributed by atoms with E-state index >= 15 is 0 Å². The molecule has 0 amide bonds. The largest absolute Gasteiger partial charge is 0.396 e. The highest BCUT2D eigenvalue weighted by molar-refractivity contribution is 6.75. The third kappa shape index (κ3) is 4.25. The topological polar surface area (TPSA) is 9.23 Å². The molecule has 0 saturated carbocycles. The number of hydrogen-bond donors (Lipinski definition) is 0. The molecule has 0 spiro atoms. The Morgan fingerprint density at radius 2 is 1.00 bits per heavy atom. The Kier molecular flexibility index (Phi) is 6.28. The van der Waals surface area contributed by atoms with Crippen LogP contribution >= 0.6 is 92.8 Å². The first-order valence-corrected chi connectivity index (χ1v) is 6.45. The van der Waals surface area contributed by atoms with Gasteiger partial charge in [-0.25, -0.2) is 0 Å². The Balaban J connectivity index is 5.33. The summed E-state index contributed by atoms with van der Waals surface area (Å²) in [6.45, 7) is 0. The summed E-state index contributed by atoms with van der Waals surface area (Å²) in [4.78, 5) is 0. The van der Waals surface area contributed by atoms with Crippen LogP contribution in [0.3, 0.4) is 0 Å². The van der Waals surface area contributed by atoms with Gasteiger partial charge in [-0.1, -0.05) is 81.2 Å². The second kappa shape index (κ2) is 5.65. The van der Waals surface area contributed by atoms with Gasteiger partial charge >= 0.3 is 16.0 Å². The minimum Gasteiger partial charge on any atom is -0.262 e. The molecular formula is C5Cl8F4O. The normalized spacial score (nSPS) is 18.7. The van der Waals surface area contributed by atoms with E-state index in [1.54, 1.807) is 0 Å². The summed E-state index contributed by atoms with van der Waals surface area (Å²) in [6, 6.07) is 0. The molecule has 18 heavy (non-hydrogen) atoms. The van der Waals surface area contributed by atoms with Gasteiger partial charge in [0, 0.05) is 0 Å². The third-order valence-electron chi connectivity index (χ3n) is 1.31. The van der Waals surface area contributed by atoms with Crippen molar-refractivity contribution in [2.45, 2.75) is 24.1 Å². The van der Waals surface area contributed by atoms with E-state index in [1.807, 2.05) is 0 Å². The fourth-order valence-corrected chi connectivity index (χ4v) is 1.03. The van der Waals surface area contributed by atoms with Crippen LogP contribution in [0.25, 0.3) is 0 Å². The maximum absolute atomic E-state index is 13.4. The zero-order chi connectivity index (χ0) is 15.2. The lowest BCUT2D eigenvalue weighted by atomic mass is 10.4. The predicted molar refractivity (Wildman–Crippen MR) is 66.0 cm³/mol. The molecule has 0 aromatic rings. The van der Waals surface area contributed by atoms with Crippen molar-refractivity contribution in [3.8, 4) is 0 Å². The number of ether oxygens (including phenoxy) is 1. The van der Waals surface area contributed by atoms with Crippen molar-refractivity contribution < 1.29 is 22.3 Å². The molecule has 0 heterocycles. The molecule has 0 aliphatic carbocycles. The highest BCUT2D eigenvalue weighted by Crippen LogP contribution is 2.57. The van der Waals surface area contributed by atoms with E-state index < -0.39 is 24.1 Å². The molecule has 110 valence electrons. The Morgan fingerprint density at radius 1 is 0.667 bits per heavy atom. The number of alkyl halides is 12. The second-order valence-electron chi connectivity index (χ2n) is 2.71. The van der Waals surface area contributed by atoms with Crippen molar-refractivity contribution in [2.24, 2.45) is 0 Å². The smallest absolute Gasteiger partial charge is 0.262 e. The molecule has 0 aliphatic heterocycles. The summed E-state index contributed by atoms with van der Waals surface area (Å²) in [5.74, 6) is 0. The molecular weight excluding hydrogens is 436 g/mol. The lowest BCUT2D eigenvalue weighted by Crippen LogP contribution is -2.55. The van der Waals surface area contributed by atoms with Crippen molar-refractivity contribution in [2.75, 3.05) is 0 Å². The first-order valence-electron chi connectivity index (χ1n) is 3.43. The minimum absolute atomic E-state index is 3.04. The van der Waals surface area contributed by atoms with Crippen LogP contribution in [0.5, 0.6) is 0 Å². The van der Waals surface area contributed by atoms with Crippen molar-refractivity contribution >= 4 is 92.8 Å². The third-order valence-corrected chi connectivity index (χ3v) is 4.76. The number of halogens is 12. The zero-order valence-corrected chi connectivity index (χ0v) is 13.5. The van der Waals surface area contributed by atoms with Gasteiger partial charge in [-0.15, -0.1) is 0 Å². The van der Waals surface area contributed by atoms with E-state index in [2.05, 4.69) is 39.5 Å². The van der Waals surface area contributed by atoms with Crippen molar-refractivity contribution in [1.82, 2.24) is 0 Å². The summed E-state index contributed by atoms with van der Waals surface area (Å²) in [7, 11) is 0. The summed E-state index contributed by atoms with van der Waals surface area (Å²) < 4.78 is 45.2. The summed E-state index contributed by atoms with van der Waals surface area (Å²) >= 11 is 38.8. The summed E-state index contributed by atoms with van der Waals surface area (Å²) in [5, 5.41) is -4.41. The van der Waals surface area contributed by atoms with Gasteiger partial charge < -0.3 is 0 Å². The van der Waals surface area contributed by atoms with Gasteiger partial charge in [0.15, 0.2) is 0 Å². The van der Waals surface area contributed by atoms with Crippen LogP contribution < -0.4 is 0 Å². The Labute approximate surface area is 138 Å². The van der Waals surface area contributed by atoms with Crippen LogP contribution in [-0.4, -0.2) is 24.1 Å². The van der Waals surface area contributed by atoms with Gasteiger partial charge in [0.2, 0.25) is 3.79 Å². The van der Waals surface area contributed by atoms with Crippen molar-refractivity contribution in [1.29, 1.82) is 0 Å². The van der Waals surface area contributed by atoms with Gasteiger partial charge in [-0.05, 0) is 11.6 Å². The maximum Gasteiger partial charge on any atom is 0.396 e. The fraction of sp³-hybridized carbons (Fsp3) is 1.00. The van der Waals surface area contributed by atoms with Crippen LogP contribution in [0.1, 0.15) is 0 Å². The second-order valence-corrected chi connectivity index (χ2v) is 8.04. The molecule has 0 radical (unpaired) electrons. The van der Waals surface area contributed by atoms with Crippen LogP contribution in [0.2, 0.25) is 0 Å². The van der Waals surface area contributed by atoms with Gasteiger partial charge in [0.1, 0.15) is 0 Å². The summed E-state index contributed by atoms with van der Waals surface area (Å²) in [6.07, 6.45) is -4.96. The molecule has 0 rings (SSSR count). The molecule has 1 nitrogen and oxygen atoms in total. The van der Waals surface area contributed by atoms with E-state index in [-0.39, 0.29) is 0 Å². The lowest BCUT2D eigenvalue weighted by Gasteiger charge is -2.37. The molecule has 0 N–H and O–H groups in total. The molecule has 0 saturated heterocycles. The highest BCUT2D eigenvalue weighted by Gasteiger charge is 2.70. The van der Waals surface area contributed by atoms with E-state index in [0.29, 0.717) is 0 Å². The minimum atomic E-state index is -4.96. The van der Waals surface area contributed by atoms with Gasteiger partial charge in [0.25, 0.3) is 4.33 Å². The van der Waals surface area contributed by atoms with Crippen LogP contribution in [-0.2, 0) is 4.74 Å². The molecule has 1 unspecified atom stereocenters.